The van der Waals surface area contributed by atoms with Crippen LogP contribution in [0.3, 0.4) is 0 Å². The summed E-state index contributed by atoms with van der Waals surface area (Å²) in [7, 11) is 1.62. The highest BCUT2D eigenvalue weighted by Gasteiger charge is 2.50. The molecule has 3 rings (SSSR count). The van der Waals surface area contributed by atoms with Gasteiger partial charge in [0.1, 0.15) is 0 Å². The molecule has 1 aliphatic heterocycles. The van der Waals surface area contributed by atoms with Crippen LogP contribution in [0.1, 0.15) is 50.2 Å². The normalized spacial score (nSPS) is 29.6. The zero-order chi connectivity index (χ0) is 17.9. The van der Waals surface area contributed by atoms with Gasteiger partial charge in [0.05, 0.1) is 17.6 Å². The minimum Gasteiger partial charge on any atom is -0.387 e. The predicted octanol–water partition coefficient (Wildman–Crippen LogP) is 2.96. The zero-order valence-corrected chi connectivity index (χ0v) is 15.6. The molecule has 1 spiro atoms. The van der Waals surface area contributed by atoms with Gasteiger partial charge in [0.2, 0.25) is 5.91 Å². The SMILES string of the molecule is CCc1ccc(CCN2CCC3(CCC(O)(COC)CC3)C2=O)cc1. The molecule has 0 unspecified atom stereocenters. The fourth-order valence-corrected chi connectivity index (χ4v) is 4.38. The van der Waals surface area contributed by atoms with Crippen molar-refractivity contribution < 1.29 is 14.6 Å². The van der Waals surface area contributed by atoms with Gasteiger partial charge in [-0.3, -0.25) is 4.79 Å². The first-order valence-electron chi connectivity index (χ1n) is 9.59. The summed E-state index contributed by atoms with van der Waals surface area (Å²) in [5.41, 5.74) is 1.68. The summed E-state index contributed by atoms with van der Waals surface area (Å²) in [6.07, 6.45) is 5.81. The van der Waals surface area contributed by atoms with Gasteiger partial charge in [-0.15, -0.1) is 0 Å². The zero-order valence-electron chi connectivity index (χ0n) is 15.6. The number of aliphatic hydroxyl groups is 1. The number of hydrogen-bond donors (Lipinski definition) is 1. The quantitative estimate of drug-likeness (QED) is 0.862. The standard InChI is InChI=1S/C21H31NO3/c1-3-17-4-6-18(7-5-17)8-14-22-15-13-20(19(22)23)9-11-21(24,12-10-20)16-25-2/h4-7,24H,3,8-16H2,1-2H3. The molecule has 0 bridgehead atoms. The maximum atomic E-state index is 13.0. The number of methoxy groups -OCH3 is 1. The van der Waals surface area contributed by atoms with E-state index in [2.05, 4.69) is 31.2 Å². The molecule has 0 aromatic heterocycles. The van der Waals surface area contributed by atoms with E-state index in [9.17, 15) is 9.90 Å². The van der Waals surface area contributed by atoms with Crippen molar-refractivity contribution in [3.63, 3.8) is 0 Å². The molecule has 1 saturated heterocycles. The number of aryl methyl sites for hydroxylation is 1. The van der Waals surface area contributed by atoms with Crippen molar-refractivity contribution in [2.75, 3.05) is 26.8 Å². The molecule has 0 atom stereocenters. The maximum absolute atomic E-state index is 13.0. The molecule has 2 fully saturated rings. The van der Waals surface area contributed by atoms with E-state index < -0.39 is 5.60 Å². The van der Waals surface area contributed by atoms with Crippen LogP contribution in [-0.2, 0) is 22.4 Å². The van der Waals surface area contributed by atoms with Crippen LogP contribution in [0, 0.1) is 5.41 Å². The number of benzene rings is 1. The third kappa shape index (κ3) is 3.90. The van der Waals surface area contributed by atoms with Gasteiger partial charge in [-0.25, -0.2) is 0 Å². The Morgan fingerprint density at radius 1 is 1.08 bits per heavy atom. The highest BCUT2D eigenvalue weighted by molar-refractivity contribution is 5.85. The smallest absolute Gasteiger partial charge is 0.228 e. The molecule has 1 aliphatic carbocycles. The minimum atomic E-state index is -0.741. The molecule has 1 N–H and O–H groups in total. The lowest BCUT2D eigenvalue weighted by molar-refractivity contribution is -0.142. The van der Waals surface area contributed by atoms with Crippen LogP contribution in [-0.4, -0.2) is 48.3 Å². The summed E-state index contributed by atoms with van der Waals surface area (Å²) in [6, 6.07) is 8.72. The summed E-state index contributed by atoms with van der Waals surface area (Å²) >= 11 is 0. The average Bonchev–Trinajstić information content (AvgIpc) is 2.93. The molecule has 1 saturated carbocycles. The Kier molecular flexibility index (Phi) is 5.49. The minimum absolute atomic E-state index is 0.230. The number of amides is 1. The van der Waals surface area contributed by atoms with Gasteiger partial charge in [-0.2, -0.15) is 0 Å². The summed E-state index contributed by atoms with van der Waals surface area (Å²) in [6.45, 7) is 4.19. The van der Waals surface area contributed by atoms with Crippen LogP contribution >= 0.6 is 0 Å². The van der Waals surface area contributed by atoms with Crippen LogP contribution in [0.25, 0.3) is 0 Å². The Morgan fingerprint density at radius 3 is 2.32 bits per heavy atom. The van der Waals surface area contributed by atoms with Crippen LogP contribution in [0.5, 0.6) is 0 Å². The first kappa shape index (κ1) is 18.4. The molecular formula is C21H31NO3. The number of ether oxygens (including phenoxy) is 1. The van der Waals surface area contributed by atoms with Crippen molar-refractivity contribution >= 4 is 5.91 Å². The average molecular weight is 345 g/mol. The second kappa shape index (κ2) is 7.46. The first-order valence-corrected chi connectivity index (χ1v) is 9.59. The van der Waals surface area contributed by atoms with Crippen molar-refractivity contribution in [3.05, 3.63) is 35.4 Å². The molecule has 2 aliphatic rings. The van der Waals surface area contributed by atoms with Crippen LogP contribution in [0.4, 0.5) is 0 Å². The second-order valence-corrected chi connectivity index (χ2v) is 7.90. The molecule has 1 amide bonds. The van der Waals surface area contributed by atoms with E-state index in [0.717, 1.165) is 45.2 Å². The number of rotatable bonds is 6. The van der Waals surface area contributed by atoms with Gasteiger partial charge in [0.15, 0.2) is 0 Å². The topological polar surface area (TPSA) is 49.8 Å². The largest absolute Gasteiger partial charge is 0.387 e. The van der Waals surface area contributed by atoms with Gasteiger partial charge in [-0.05, 0) is 56.1 Å². The summed E-state index contributed by atoms with van der Waals surface area (Å²) in [5, 5.41) is 10.5. The van der Waals surface area contributed by atoms with E-state index in [4.69, 9.17) is 4.74 Å². The maximum Gasteiger partial charge on any atom is 0.228 e. The van der Waals surface area contributed by atoms with Crippen LogP contribution < -0.4 is 0 Å². The van der Waals surface area contributed by atoms with E-state index in [1.54, 1.807) is 7.11 Å². The number of hydrogen-bond acceptors (Lipinski definition) is 3. The van der Waals surface area contributed by atoms with Gasteiger partial charge in [0, 0.05) is 20.2 Å². The molecule has 0 radical (unpaired) electrons. The van der Waals surface area contributed by atoms with Crippen molar-refractivity contribution in [1.82, 2.24) is 4.90 Å². The monoisotopic (exact) mass is 345 g/mol. The van der Waals surface area contributed by atoms with Gasteiger partial charge in [0.25, 0.3) is 0 Å². The Morgan fingerprint density at radius 2 is 1.72 bits per heavy atom. The van der Waals surface area contributed by atoms with Crippen LogP contribution in [0.2, 0.25) is 0 Å². The van der Waals surface area contributed by atoms with Gasteiger partial charge in [-0.1, -0.05) is 31.2 Å². The Bertz CT molecular complexity index is 588. The molecule has 1 aromatic rings. The molecule has 138 valence electrons. The first-order chi connectivity index (χ1) is 12.0. The summed E-state index contributed by atoms with van der Waals surface area (Å²) in [4.78, 5) is 15.0. The molecule has 1 aromatic carbocycles. The highest BCUT2D eigenvalue weighted by Crippen LogP contribution is 2.47. The summed E-state index contributed by atoms with van der Waals surface area (Å²) in [5.74, 6) is 0.303. The molecular weight excluding hydrogens is 314 g/mol. The van der Waals surface area contributed by atoms with Crippen molar-refractivity contribution in [2.45, 2.75) is 57.5 Å². The Hall–Kier alpha value is -1.39. The molecule has 4 heteroatoms. The molecule has 25 heavy (non-hydrogen) atoms. The Balaban J connectivity index is 1.55. The third-order valence-corrected chi connectivity index (χ3v) is 6.25. The predicted molar refractivity (Wildman–Crippen MR) is 98.4 cm³/mol. The Labute approximate surface area is 151 Å². The van der Waals surface area contributed by atoms with Gasteiger partial charge < -0.3 is 14.7 Å². The number of likely N-dealkylation sites (tertiary alicyclic amines) is 1. The van der Waals surface area contributed by atoms with E-state index in [1.165, 1.54) is 11.1 Å². The lowest BCUT2D eigenvalue weighted by Crippen LogP contribution is -2.45. The highest BCUT2D eigenvalue weighted by atomic mass is 16.5. The van der Waals surface area contributed by atoms with Gasteiger partial charge >= 0.3 is 0 Å². The summed E-state index contributed by atoms with van der Waals surface area (Å²) < 4.78 is 5.14. The van der Waals surface area contributed by atoms with Crippen molar-refractivity contribution in [2.24, 2.45) is 5.41 Å². The fourth-order valence-electron chi connectivity index (χ4n) is 4.38. The molecule has 1 heterocycles. The van der Waals surface area contributed by atoms with E-state index in [1.807, 2.05) is 4.90 Å². The lowest BCUT2D eigenvalue weighted by atomic mass is 9.68. The number of carbonyl (C=O) groups is 1. The third-order valence-electron chi connectivity index (χ3n) is 6.25. The van der Waals surface area contributed by atoms with E-state index in [0.29, 0.717) is 25.4 Å². The van der Waals surface area contributed by atoms with Crippen LogP contribution in [0.15, 0.2) is 24.3 Å². The molecule has 4 nitrogen and oxygen atoms in total. The second-order valence-electron chi connectivity index (χ2n) is 7.90. The van der Waals surface area contributed by atoms with E-state index >= 15 is 0 Å². The van der Waals surface area contributed by atoms with E-state index in [-0.39, 0.29) is 5.41 Å². The van der Waals surface area contributed by atoms with Crippen molar-refractivity contribution in [1.29, 1.82) is 0 Å². The number of nitrogens with zero attached hydrogens (tertiary/aromatic N) is 1. The number of carbonyl (C=O) groups excluding carboxylic acids is 1. The fraction of sp³-hybridized carbons (Fsp3) is 0.667. The van der Waals surface area contributed by atoms with Crippen molar-refractivity contribution in [3.8, 4) is 0 Å². The lowest BCUT2D eigenvalue weighted by Gasteiger charge is -2.40.